The molecule has 0 aliphatic rings. The summed E-state index contributed by atoms with van der Waals surface area (Å²) in [5, 5.41) is 11.0. The largest absolute Gasteiger partial charge is 0.490 e. The van der Waals surface area contributed by atoms with Crippen LogP contribution in [0.3, 0.4) is 0 Å². The molecule has 2 rings (SSSR count). The van der Waals surface area contributed by atoms with Gasteiger partial charge in [0, 0.05) is 6.07 Å². The highest BCUT2D eigenvalue weighted by Crippen LogP contribution is 2.28. The highest BCUT2D eigenvalue weighted by Gasteiger charge is 2.19. The number of methoxy groups -OCH3 is 1. The van der Waals surface area contributed by atoms with E-state index in [2.05, 4.69) is 0 Å². The minimum Gasteiger partial charge on any atom is -0.490 e. The van der Waals surface area contributed by atoms with E-state index in [1.165, 1.54) is 19.2 Å². The Bertz CT molecular complexity index is 739. The van der Waals surface area contributed by atoms with Crippen LogP contribution in [0, 0.1) is 24.0 Å². The molecule has 2 aromatic carbocycles. The van der Waals surface area contributed by atoms with Crippen LogP contribution in [-0.2, 0) is 0 Å². The first kappa shape index (κ1) is 15.5. The zero-order valence-corrected chi connectivity index (χ0v) is 12.5. The Kier molecular flexibility index (Phi) is 4.41. The summed E-state index contributed by atoms with van der Waals surface area (Å²) in [5.41, 5.74) is 1.68. The number of aryl methyl sites for hydroxylation is 2. The molecule has 22 heavy (non-hydrogen) atoms. The number of hydrogen-bond donors (Lipinski definition) is 0. The SMILES string of the molecule is COc1ccc(C(=O)Oc2ccc(C)cc2C)cc1[N+](=O)[O-]. The average molecular weight is 301 g/mol. The molecule has 0 fully saturated rings. The summed E-state index contributed by atoms with van der Waals surface area (Å²) in [6.07, 6.45) is 0. The van der Waals surface area contributed by atoms with E-state index in [4.69, 9.17) is 9.47 Å². The summed E-state index contributed by atoms with van der Waals surface area (Å²) < 4.78 is 10.2. The fourth-order valence-corrected chi connectivity index (χ4v) is 2.03. The van der Waals surface area contributed by atoms with E-state index >= 15 is 0 Å². The van der Waals surface area contributed by atoms with Crippen LogP contribution in [0.2, 0.25) is 0 Å². The Morgan fingerprint density at radius 1 is 1.09 bits per heavy atom. The monoisotopic (exact) mass is 301 g/mol. The average Bonchev–Trinajstić information content (AvgIpc) is 2.49. The van der Waals surface area contributed by atoms with Gasteiger partial charge in [0.1, 0.15) is 5.75 Å². The summed E-state index contributed by atoms with van der Waals surface area (Å²) in [4.78, 5) is 22.5. The van der Waals surface area contributed by atoms with Gasteiger partial charge in [-0.3, -0.25) is 10.1 Å². The van der Waals surface area contributed by atoms with Gasteiger partial charge >= 0.3 is 11.7 Å². The summed E-state index contributed by atoms with van der Waals surface area (Å²) in [5.74, 6) is -0.139. The lowest BCUT2D eigenvalue weighted by Gasteiger charge is -2.08. The van der Waals surface area contributed by atoms with Crippen molar-refractivity contribution in [2.24, 2.45) is 0 Å². The van der Waals surface area contributed by atoms with Crippen LogP contribution < -0.4 is 9.47 Å². The van der Waals surface area contributed by atoms with Crippen molar-refractivity contribution in [1.82, 2.24) is 0 Å². The molecule has 0 atom stereocenters. The Morgan fingerprint density at radius 2 is 1.77 bits per heavy atom. The van der Waals surface area contributed by atoms with Crippen molar-refractivity contribution in [3.8, 4) is 11.5 Å². The smallest absolute Gasteiger partial charge is 0.343 e. The molecule has 0 saturated heterocycles. The van der Waals surface area contributed by atoms with E-state index in [0.717, 1.165) is 17.2 Å². The quantitative estimate of drug-likeness (QED) is 0.374. The number of carbonyl (C=O) groups excluding carboxylic acids is 1. The fourth-order valence-electron chi connectivity index (χ4n) is 2.03. The Hall–Kier alpha value is -2.89. The van der Waals surface area contributed by atoms with Gasteiger partial charge in [-0.1, -0.05) is 17.7 Å². The number of hydrogen-bond acceptors (Lipinski definition) is 5. The number of ether oxygens (including phenoxy) is 2. The second-order valence-corrected chi connectivity index (χ2v) is 4.80. The summed E-state index contributed by atoms with van der Waals surface area (Å²) >= 11 is 0. The number of esters is 1. The number of nitrogens with zero attached hydrogens (tertiary/aromatic N) is 1. The van der Waals surface area contributed by atoms with Gasteiger partial charge in [0.05, 0.1) is 17.6 Å². The molecule has 6 nitrogen and oxygen atoms in total. The Balaban J connectivity index is 2.30. The third kappa shape index (κ3) is 3.22. The van der Waals surface area contributed by atoms with Crippen molar-refractivity contribution in [1.29, 1.82) is 0 Å². The normalized spacial score (nSPS) is 10.1. The number of nitro benzene ring substituents is 1. The van der Waals surface area contributed by atoms with Gasteiger partial charge in [-0.05, 0) is 37.6 Å². The molecule has 0 amide bonds. The molecule has 114 valence electrons. The number of nitro groups is 1. The molecule has 0 spiro atoms. The third-order valence-electron chi connectivity index (χ3n) is 3.14. The maximum Gasteiger partial charge on any atom is 0.343 e. The van der Waals surface area contributed by atoms with Crippen molar-refractivity contribution in [3.63, 3.8) is 0 Å². The molecule has 0 aromatic heterocycles. The molecular weight excluding hydrogens is 286 g/mol. The maximum atomic E-state index is 12.1. The topological polar surface area (TPSA) is 78.7 Å². The van der Waals surface area contributed by atoms with Crippen LogP contribution in [0.4, 0.5) is 5.69 Å². The minimum absolute atomic E-state index is 0.0903. The van der Waals surface area contributed by atoms with E-state index < -0.39 is 10.9 Å². The molecule has 2 aromatic rings. The first-order valence-corrected chi connectivity index (χ1v) is 6.54. The zero-order chi connectivity index (χ0) is 16.3. The van der Waals surface area contributed by atoms with E-state index in [1.807, 2.05) is 26.0 Å². The Labute approximate surface area is 127 Å². The predicted molar refractivity (Wildman–Crippen MR) is 80.5 cm³/mol. The number of rotatable bonds is 4. The highest BCUT2D eigenvalue weighted by atomic mass is 16.6. The summed E-state index contributed by atoms with van der Waals surface area (Å²) in [7, 11) is 1.33. The van der Waals surface area contributed by atoms with E-state index in [9.17, 15) is 14.9 Å². The van der Waals surface area contributed by atoms with E-state index in [0.29, 0.717) is 5.75 Å². The van der Waals surface area contributed by atoms with Crippen LogP contribution in [0.5, 0.6) is 11.5 Å². The number of carbonyl (C=O) groups is 1. The maximum absolute atomic E-state index is 12.1. The first-order valence-electron chi connectivity index (χ1n) is 6.54. The van der Waals surface area contributed by atoms with Crippen LogP contribution in [0.1, 0.15) is 21.5 Å². The van der Waals surface area contributed by atoms with Crippen molar-refractivity contribution in [3.05, 3.63) is 63.2 Å². The Morgan fingerprint density at radius 3 is 2.36 bits per heavy atom. The zero-order valence-electron chi connectivity index (χ0n) is 12.5. The lowest BCUT2D eigenvalue weighted by Crippen LogP contribution is -2.10. The van der Waals surface area contributed by atoms with Gasteiger partial charge in [0.15, 0.2) is 5.75 Å². The second kappa shape index (κ2) is 6.26. The van der Waals surface area contributed by atoms with Crippen LogP contribution in [-0.4, -0.2) is 18.0 Å². The van der Waals surface area contributed by atoms with Crippen molar-refractivity contribution in [2.75, 3.05) is 7.11 Å². The molecule has 0 bridgehead atoms. The van der Waals surface area contributed by atoms with Gasteiger partial charge in [-0.25, -0.2) is 4.79 Å². The van der Waals surface area contributed by atoms with Crippen molar-refractivity contribution in [2.45, 2.75) is 13.8 Å². The third-order valence-corrected chi connectivity index (χ3v) is 3.14. The summed E-state index contributed by atoms with van der Waals surface area (Å²) in [6, 6.07) is 9.35. The molecule has 0 aliphatic carbocycles. The molecule has 0 N–H and O–H groups in total. The second-order valence-electron chi connectivity index (χ2n) is 4.80. The molecule has 0 saturated carbocycles. The first-order chi connectivity index (χ1) is 10.4. The number of benzene rings is 2. The van der Waals surface area contributed by atoms with Gasteiger partial charge in [0.25, 0.3) is 0 Å². The van der Waals surface area contributed by atoms with Gasteiger partial charge < -0.3 is 9.47 Å². The van der Waals surface area contributed by atoms with Crippen molar-refractivity contribution >= 4 is 11.7 Å². The lowest BCUT2D eigenvalue weighted by atomic mass is 10.1. The van der Waals surface area contributed by atoms with Crippen LogP contribution in [0.25, 0.3) is 0 Å². The van der Waals surface area contributed by atoms with E-state index in [-0.39, 0.29) is 17.0 Å². The molecule has 0 aliphatic heterocycles. The lowest BCUT2D eigenvalue weighted by molar-refractivity contribution is -0.385. The summed E-state index contributed by atoms with van der Waals surface area (Å²) in [6.45, 7) is 3.76. The minimum atomic E-state index is -0.655. The molecule has 0 unspecified atom stereocenters. The van der Waals surface area contributed by atoms with E-state index in [1.54, 1.807) is 6.07 Å². The molecule has 0 heterocycles. The molecule has 6 heteroatoms. The fraction of sp³-hybridized carbons (Fsp3) is 0.188. The van der Waals surface area contributed by atoms with Gasteiger partial charge in [0.2, 0.25) is 0 Å². The highest BCUT2D eigenvalue weighted by molar-refractivity contribution is 5.92. The predicted octanol–water partition coefficient (Wildman–Crippen LogP) is 3.44. The van der Waals surface area contributed by atoms with Crippen LogP contribution >= 0.6 is 0 Å². The van der Waals surface area contributed by atoms with Crippen LogP contribution in [0.15, 0.2) is 36.4 Å². The van der Waals surface area contributed by atoms with Gasteiger partial charge in [-0.2, -0.15) is 0 Å². The molecule has 0 radical (unpaired) electrons. The molecular formula is C16H15NO5. The van der Waals surface area contributed by atoms with Gasteiger partial charge in [-0.15, -0.1) is 0 Å². The standard InChI is InChI=1S/C16H15NO5/c1-10-4-6-14(11(2)8-10)22-16(18)12-5-7-15(21-3)13(9-12)17(19)20/h4-9H,1-3H3. The van der Waals surface area contributed by atoms with Crippen molar-refractivity contribution < 1.29 is 19.2 Å².